The van der Waals surface area contributed by atoms with Crippen LogP contribution in [-0.2, 0) is 24.4 Å². The van der Waals surface area contributed by atoms with Crippen molar-refractivity contribution in [1.29, 1.82) is 0 Å². The second kappa shape index (κ2) is 10.4. The smallest absolute Gasteiger partial charge is 0.321 e. The topological polar surface area (TPSA) is 96.5 Å². The van der Waals surface area contributed by atoms with E-state index >= 15 is 0 Å². The maximum absolute atomic E-state index is 11.9. The van der Waals surface area contributed by atoms with Crippen molar-refractivity contribution in [3.05, 3.63) is 88.8 Å². The third-order valence-corrected chi connectivity index (χ3v) is 5.58. The second-order valence-corrected chi connectivity index (χ2v) is 7.99. The van der Waals surface area contributed by atoms with Gasteiger partial charge in [0.05, 0.1) is 7.11 Å². The summed E-state index contributed by atoms with van der Waals surface area (Å²) in [6, 6.07) is 16.2. The molecule has 0 spiro atoms. The lowest BCUT2D eigenvalue weighted by Gasteiger charge is -2.16. The summed E-state index contributed by atoms with van der Waals surface area (Å²) in [6.07, 6.45) is 3.90. The summed E-state index contributed by atoms with van der Waals surface area (Å²) in [5.41, 5.74) is 3.72. The van der Waals surface area contributed by atoms with Crippen LogP contribution in [0, 0.1) is 0 Å². The van der Waals surface area contributed by atoms with Crippen molar-refractivity contribution in [2.75, 3.05) is 7.11 Å². The number of pyridine rings is 1. The predicted molar refractivity (Wildman–Crippen MR) is 127 cm³/mol. The standard InChI is InChI=1S/C25H24ClN3O4/c1-32-23-10-16(6-8-22(23)33-15-17-7-9-24(26)29-13-17)12-27-21(25(30)31)11-18-14-28-20-5-3-2-4-19(18)20/h2-10,13-14,21,27-28H,11-12,15H2,1H3,(H,30,31). The van der Waals surface area contributed by atoms with E-state index in [-0.39, 0.29) is 0 Å². The monoisotopic (exact) mass is 465 g/mol. The van der Waals surface area contributed by atoms with Crippen LogP contribution in [0.3, 0.4) is 0 Å². The molecule has 0 aliphatic rings. The minimum atomic E-state index is -0.899. The minimum Gasteiger partial charge on any atom is -0.493 e. The molecule has 0 aliphatic carbocycles. The van der Waals surface area contributed by atoms with E-state index in [0.717, 1.165) is 27.6 Å². The first-order chi connectivity index (χ1) is 16.0. The molecule has 0 amide bonds. The van der Waals surface area contributed by atoms with Crippen molar-refractivity contribution in [2.45, 2.75) is 25.6 Å². The third kappa shape index (κ3) is 5.63. The van der Waals surface area contributed by atoms with Gasteiger partial charge in [-0.2, -0.15) is 0 Å². The van der Waals surface area contributed by atoms with Crippen LogP contribution in [0.25, 0.3) is 10.9 Å². The number of nitrogens with one attached hydrogen (secondary N) is 2. The number of carboxylic acids is 1. The van der Waals surface area contributed by atoms with E-state index in [1.165, 1.54) is 0 Å². The highest BCUT2D eigenvalue weighted by Gasteiger charge is 2.19. The van der Waals surface area contributed by atoms with Crippen LogP contribution in [-0.4, -0.2) is 34.2 Å². The van der Waals surface area contributed by atoms with Crippen molar-refractivity contribution >= 4 is 28.5 Å². The Labute approximate surface area is 196 Å². The number of aliphatic carboxylic acids is 1. The van der Waals surface area contributed by atoms with Crippen LogP contribution in [0.4, 0.5) is 0 Å². The lowest BCUT2D eigenvalue weighted by atomic mass is 10.0. The quantitative estimate of drug-likeness (QED) is 0.296. The van der Waals surface area contributed by atoms with Gasteiger partial charge in [-0.3, -0.25) is 4.79 Å². The number of rotatable bonds is 10. The Balaban J connectivity index is 1.40. The summed E-state index contributed by atoms with van der Waals surface area (Å²) in [5.74, 6) is 0.258. The highest BCUT2D eigenvalue weighted by molar-refractivity contribution is 6.29. The molecule has 2 aromatic heterocycles. The maximum atomic E-state index is 11.9. The molecule has 1 unspecified atom stereocenters. The first kappa shape index (κ1) is 22.6. The number of para-hydroxylation sites is 1. The number of hydrogen-bond donors (Lipinski definition) is 3. The molecule has 0 saturated carbocycles. The van der Waals surface area contributed by atoms with E-state index < -0.39 is 12.0 Å². The summed E-state index contributed by atoms with van der Waals surface area (Å²) in [7, 11) is 1.57. The third-order valence-electron chi connectivity index (χ3n) is 5.36. The van der Waals surface area contributed by atoms with Gasteiger partial charge in [0.1, 0.15) is 17.8 Å². The first-order valence-corrected chi connectivity index (χ1v) is 10.8. The summed E-state index contributed by atoms with van der Waals surface area (Å²) in [5, 5.41) is 14.3. The average molecular weight is 466 g/mol. The largest absolute Gasteiger partial charge is 0.493 e. The van der Waals surface area contributed by atoms with Gasteiger partial charge in [0.15, 0.2) is 11.5 Å². The maximum Gasteiger partial charge on any atom is 0.321 e. The van der Waals surface area contributed by atoms with Crippen LogP contribution in [0.1, 0.15) is 16.7 Å². The van der Waals surface area contributed by atoms with Crippen molar-refractivity contribution in [3.63, 3.8) is 0 Å². The molecule has 0 saturated heterocycles. The van der Waals surface area contributed by atoms with E-state index in [1.807, 2.05) is 54.7 Å². The Morgan fingerprint density at radius 2 is 1.97 bits per heavy atom. The molecule has 3 N–H and O–H groups in total. The zero-order valence-electron chi connectivity index (χ0n) is 18.0. The first-order valence-electron chi connectivity index (χ1n) is 10.4. The minimum absolute atomic E-state index is 0.323. The van der Waals surface area contributed by atoms with Crippen LogP contribution in [0.15, 0.2) is 67.0 Å². The number of hydrogen-bond acceptors (Lipinski definition) is 5. The van der Waals surface area contributed by atoms with Crippen molar-refractivity contribution in [1.82, 2.24) is 15.3 Å². The molecule has 0 radical (unpaired) electrons. The van der Waals surface area contributed by atoms with E-state index in [9.17, 15) is 9.90 Å². The van der Waals surface area contributed by atoms with E-state index in [2.05, 4.69) is 15.3 Å². The number of aromatic nitrogens is 2. The summed E-state index contributed by atoms with van der Waals surface area (Å²) >= 11 is 5.81. The number of carbonyl (C=O) groups is 1. The SMILES string of the molecule is COc1cc(CNC(Cc2c[nH]c3ccccc23)C(=O)O)ccc1OCc1ccc(Cl)nc1. The summed E-state index contributed by atoms with van der Waals surface area (Å²) < 4.78 is 11.3. The molecule has 2 heterocycles. The van der Waals surface area contributed by atoms with Crippen molar-refractivity contribution in [2.24, 2.45) is 0 Å². The lowest BCUT2D eigenvalue weighted by Crippen LogP contribution is -2.38. The molecule has 2 aromatic carbocycles. The Kier molecular flexibility index (Phi) is 7.12. The van der Waals surface area contributed by atoms with Gasteiger partial charge in [-0.15, -0.1) is 0 Å². The number of fused-ring (bicyclic) bond motifs is 1. The number of benzene rings is 2. The van der Waals surface area contributed by atoms with E-state index in [1.54, 1.807) is 19.4 Å². The highest BCUT2D eigenvalue weighted by atomic mass is 35.5. The number of carboxylic acid groups (broad SMARTS) is 1. The Bertz CT molecular complexity index is 1240. The molecule has 7 nitrogen and oxygen atoms in total. The molecular weight excluding hydrogens is 442 g/mol. The fourth-order valence-electron chi connectivity index (χ4n) is 3.60. The molecule has 33 heavy (non-hydrogen) atoms. The molecular formula is C25H24ClN3O4. The molecule has 4 rings (SSSR count). The van der Waals surface area contributed by atoms with Crippen molar-refractivity contribution < 1.29 is 19.4 Å². The van der Waals surface area contributed by atoms with Gasteiger partial charge in [-0.25, -0.2) is 4.98 Å². The van der Waals surface area contributed by atoms with Gasteiger partial charge in [0.25, 0.3) is 0 Å². The summed E-state index contributed by atoms with van der Waals surface area (Å²) in [4.78, 5) is 19.1. The lowest BCUT2D eigenvalue weighted by molar-refractivity contribution is -0.139. The number of aromatic amines is 1. The molecule has 0 fully saturated rings. The molecule has 0 bridgehead atoms. The van der Waals surface area contributed by atoms with Crippen LogP contribution in [0.2, 0.25) is 5.15 Å². The molecule has 1 atom stereocenters. The Morgan fingerprint density at radius 1 is 1.15 bits per heavy atom. The van der Waals surface area contributed by atoms with Crippen LogP contribution in [0.5, 0.6) is 11.5 Å². The Morgan fingerprint density at radius 3 is 2.73 bits per heavy atom. The van der Waals surface area contributed by atoms with Gasteiger partial charge >= 0.3 is 5.97 Å². The number of halogens is 1. The van der Waals surface area contributed by atoms with Crippen LogP contribution < -0.4 is 14.8 Å². The van der Waals surface area contributed by atoms with Gasteiger partial charge < -0.3 is 24.9 Å². The second-order valence-electron chi connectivity index (χ2n) is 7.60. The Hall–Kier alpha value is -3.55. The fourth-order valence-corrected chi connectivity index (χ4v) is 3.71. The zero-order chi connectivity index (χ0) is 23.2. The average Bonchev–Trinajstić information content (AvgIpc) is 3.24. The molecule has 170 valence electrons. The number of nitrogens with zero attached hydrogens (tertiary/aromatic N) is 1. The molecule has 8 heteroatoms. The van der Waals surface area contributed by atoms with Gasteiger partial charge in [-0.05, 0) is 35.4 Å². The molecule has 0 aliphatic heterocycles. The van der Waals surface area contributed by atoms with Crippen LogP contribution >= 0.6 is 11.6 Å². The number of H-pyrrole nitrogens is 1. The number of ether oxygens (including phenoxy) is 2. The normalized spacial score (nSPS) is 11.9. The van der Waals surface area contributed by atoms with Gasteiger partial charge in [0, 0.05) is 41.8 Å². The zero-order valence-corrected chi connectivity index (χ0v) is 18.8. The fraction of sp³-hybridized carbons (Fsp3) is 0.200. The van der Waals surface area contributed by atoms with Gasteiger partial charge in [0.2, 0.25) is 0 Å². The van der Waals surface area contributed by atoms with E-state index in [0.29, 0.717) is 36.2 Å². The van der Waals surface area contributed by atoms with Crippen molar-refractivity contribution in [3.8, 4) is 11.5 Å². The predicted octanol–water partition coefficient (Wildman–Crippen LogP) is 4.59. The number of methoxy groups -OCH3 is 1. The molecule has 4 aromatic rings. The van der Waals surface area contributed by atoms with Gasteiger partial charge in [-0.1, -0.05) is 41.9 Å². The highest BCUT2D eigenvalue weighted by Crippen LogP contribution is 2.29. The van der Waals surface area contributed by atoms with E-state index in [4.69, 9.17) is 21.1 Å². The summed E-state index contributed by atoms with van der Waals surface area (Å²) in [6.45, 7) is 0.695.